The summed E-state index contributed by atoms with van der Waals surface area (Å²) in [5.74, 6) is 0. The molecular formula is C16H25N3S. The topological polar surface area (TPSA) is 28.2 Å². The van der Waals surface area contributed by atoms with E-state index < -0.39 is 0 Å². The van der Waals surface area contributed by atoms with Crippen LogP contribution in [-0.4, -0.2) is 35.1 Å². The van der Waals surface area contributed by atoms with Crippen molar-refractivity contribution < 1.29 is 0 Å². The van der Waals surface area contributed by atoms with Gasteiger partial charge in [0.2, 0.25) is 0 Å². The van der Waals surface area contributed by atoms with Gasteiger partial charge in [0.05, 0.1) is 10.2 Å². The van der Waals surface area contributed by atoms with Crippen LogP contribution in [0.5, 0.6) is 0 Å². The van der Waals surface area contributed by atoms with Gasteiger partial charge in [-0.25, -0.2) is 4.98 Å². The van der Waals surface area contributed by atoms with Crippen LogP contribution < -0.4 is 5.32 Å². The van der Waals surface area contributed by atoms with Crippen molar-refractivity contribution >= 4 is 26.7 Å². The van der Waals surface area contributed by atoms with E-state index in [1.165, 1.54) is 10.3 Å². The second kappa shape index (κ2) is 6.55. The van der Waals surface area contributed by atoms with Crippen molar-refractivity contribution in [2.75, 3.05) is 18.4 Å². The van der Waals surface area contributed by atoms with E-state index in [2.05, 4.69) is 68.0 Å². The summed E-state index contributed by atoms with van der Waals surface area (Å²) in [5.41, 5.74) is 2.38. The predicted molar refractivity (Wildman–Crippen MR) is 89.8 cm³/mol. The van der Waals surface area contributed by atoms with Crippen LogP contribution in [0.3, 0.4) is 0 Å². The summed E-state index contributed by atoms with van der Waals surface area (Å²) < 4.78 is 1.26. The number of nitrogens with one attached hydrogen (secondary N) is 1. The second-order valence-corrected chi connectivity index (χ2v) is 6.82. The Hall–Kier alpha value is -1.13. The average molecular weight is 291 g/mol. The van der Waals surface area contributed by atoms with E-state index in [4.69, 9.17) is 0 Å². The maximum atomic E-state index is 4.69. The fourth-order valence-electron chi connectivity index (χ4n) is 2.57. The molecule has 1 N–H and O–H groups in total. The number of nitrogens with zero attached hydrogens (tertiary/aromatic N) is 2. The molecule has 0 unspecified atom stereocenters. The molecule has 0 fully saturated rings. The summed E-state index contributed by atoms with van der Waals surface area (Å²) in [6.45, 7) is 13.1. The molecule has 0 bridgehead atoms. The van der Waals surface area contributed by atoms with Crippen molar-refractivity contribution in [3.63, 3.8) is 0 Å². The molecule has 2 rings (SSSR count). The normalized spacial score (nSPS) is 12.0. The van der Waals surface area contributed by atoms with Gasteiger partial charge >= 0.3 is 0 Å². The SMILES string of the molecule is Cc1cccc2sc(NCCN(C(C)C)C(C)C)nc12. The maximum Gasteiger partial charge on any atom is 0.183 e. The zero-order valence-electron chi connectivity index (χ0n) is 13.1. The van der Waals surface area contributed by atoms with Gasteiger partial charge in [0.25, 0.3) is 0 Å². The van der Waals surface area contributed by atoms with Crippen molar-refractivity contribution in [2.45, 2.75) is 46.7 Å². The molecule has 1 heterocycles. The van der Waals surface area contributed by atoms with Gasteiger partial charge in [-0.15, -0.1) is 0 Å². The van der Waals surface area contributed by atoms with Gasteiger partial charge in [-0.3, -0.25) is 4.90 Å². The van der Waals surface area contributed by atoms with Gasteiger partial charge in [-0.05, 0) is 46.2 Å². The lowest BCUT2D eigenvalue weighted by atomic mass is 10.2. The first-order valence-electron chi connectivity index (χ1n) is 7.35. The Balaban J connectivity index is 1.97. The molecule has 2 aromatic rings. The molecule has 1 aromatic carbocycles. The molecular weight excluding hydrogens is 266 g/mol. The number of thiazole rings is 1. The number of hydrogen-bond acceptors (Lipinski definition) is 4. The van der Waals surface area contributed by atoms with Crippen LogP contribution in [0, 0.1) is 6.92 Å². The van der Waals surface area contributed by atoms with Crippen molar-refractivity contribution in [2.24, 2.45) is 0 Å². The number of para-hydroxylation sites is 1. The Kier molecular flexibility index (Phi) is 5.00. The Labute approximate surface area is 126 Å². The summed E-state index contributed by atoms with van der Waals surface area (Å²) in [7, 11) is 0. The fourth-order valence-corrected chi connectivity index (χ4v) is 3.54. The van der Waals surface area contributed by atoms with E-state index in [9.17, 15) is 0 Å². The van der Waals surface area contributed by atoms with Crippen LogP contribution in [-0.2, 0) is 0 Å². The zero-order valence-corrected chi connectivity index (χ0v) is 13.9. The molecule has 110 valence electrons. The summed E-state index contributed by atoms with van der Waals surface area (Å²) >= 11 is 1.74. The number of anilines is 1. The van der Waals surface area contributed by atoms with Crippen LogP contribution in [0.2, 0.25) is 0 Å². The highest BCUT2D eigenvalue weighted by molar-refractivity contribution is 7.22. The standard InChI is InChI=1S/C16H25N3S/c1-11(2)19(12(3)4)10-9-17-16-18-15-13(5)7-6-8-14(15)20-16/h6-8,11-12H,9-10H2,1-5H3,(H,17,18). The van der Waals surface area contributed by atoms with Crippen LogP contribution in [0.1, 0.15) is 33.3 Å². The van der Waals surface area contributed by atoms with E-state index in [0.29, 0.717) is 12.1 Å². The van der Waals surface area contributed by atoms with E-state index in [1.807, 2.05) is 0 Å². The second-order valence-electron chi connectivity index (χ2n) is 5.79. The zero-order chi connectivity index (χ0) is 14.7. The van der Waals surface area contributed by atoms with E-state index >= 15 is 0 Å². The van der Waals surface area contributed by atoms with Crippen molar-refractivity contribution in [1.82, 2.24) is 9.88 Å². The molecule has 0 saturated carbocycles. The largest absolute Gasteiger partial charge is 0.360 e. The van der Waals surface area contributed by atoms with E-state index in [-0.39, 0.29) is 0 Å². The highest BCUT2D eigenvalue weighted by Crippen LogP contribution is 2.27. The van der Waals surface area contributed by atoms with Crippen LogP contribution in [0.15, 0.2) is 18.2 Å². The van der Waals surface area contributed by atoms with Gasteiger partial charge in [0.1, 0.15) is 0 Å². The molecule has 1 aromatic heterocycles. The quantitative estimate of drug-likeness (QED) is 0.867. The van der Waals surface area contributed by atoms with Gasteiger partial charge < -0.3 is 5.32 Å². The number of fused-ring (bicyclic) bond motifs is 1. The Morgan fingerprint density at radius 3 is 2.50 bits per heavy atom. The van der Waals surface area contributed by atoms with Crippen LogP contribution in [0.25, 0.3) is 10.2 Å². The van der Waals surface area contributed by atoms with Crippen molar-refractivity contribution in [1.29, 1.82) is 0 Å². The minimum Gasteiger partial charge on any atom is -0.360 e. The molecule has 3 nitrogen and oxygen atoms in total. The van der Waals surface area contributed by atoms with Crippen molar-refractivity contribution in [3.8, 4) is 0 Å². The first-order chi connectivity index (χ1) is 9.49. The van der Waals surface area contributed by atoms with E-state index in [1.54, 1.807) is 11.3 Å². The summed E-state index contributed by atoms with van der Waals surface area (Å²) in [4.78, 5) is 7.18. The molecule has 0 aliphatic carbocycles. The summed E-state index contributed by atoms with van der Waals surface area (Å²) in [6, 6.07) is 7.51. The van der Waals surface area contributed by atoms with Gasteiger partial charge in [0, 0.05) is 25.2 Å². The summed E-state index contributed by atoms with van der Waals surface area (Å²) in [5, 5.41) is 4.50. The molecule has 0 spiro atoms. The average Bonchev–Trinajstić information content (AvgIpc) is 2.78. The Morgan fingerprint density at radius 1 is 1.20 bits per heavy atom. The third-order valence-electron chi connectivity index (χ3n) is 3.59. The highest BCUT2D eigenvalue weighted by Gasteiger charge is 2.13. The lowest BCUT2D eigenvalue weighted by Gasteiger charge is -2.30. The lowest BCUT2D eigenvalue weighted by molar-refractivity contribution is 0.182. The molecule has 20 heavy (non-hydrogen) atoms. The molecule has 4 heteroatoms. The first kappa shape index (κ1) is 15.3. The molecule has 0 atom stereocenters. The van der Waals surface area contributed by atoms with Crippen molar-refractivity contribution in [3.05, 3.63) is 23.8 Å². The minimum absolute atomic E-state index is 0.578. The fraction of sp³-hybridized carbons (Fsp3) is 0.562. The first-order valence-corrected chi connectivity index (χ1v) is 8.16. The molecule has 0 amide bonds. The smallest absolute Gasteiger partial charge is 0.183 e. The molecule has 0 aliphatic rings. The van der Waals surface area contributed by atoms with Gasteiger partial charge in [0.15, 0.2) is 5.13 Å². The van der Waals surface area contributed by atoms with Crippen LogP contribution >= 0.6 is 11.3 Å². The number of aryl methyl sites for hydroxylation is 1. The third kappa shape index (κ3) is 3.49. The molecule has 0 radical (unpaired) electrons. The number of hydrogen-bond donors (Lipinski definition) is 1. The number of aromatic nitrogens is 1. The predicted octanol–water partition coefficient (Wildman–Crippen LogP) is 4.14. The number of benzene rings is 1. The Bertz CT molecular complexity index is 552. The lowest BCUT2D eigenvalue weighted by Crippen LogP contribution is -2.40. The Morgan fingerprint density at radius 2 is 1.90 bits per heavy atom. The molecule has 0 saturated heterocycles. The molecule has 0 aliphatic heterocycles. The third-order valence-corrected chi connectivity index (χ3v) is 4.57. The van der Waals surface area contributed by atoms with Gasteiger partial charge in [-0.2, -0.15) is 0 Å². The maximum absolute atomic E-state index is 4.69. The summed E-state index contributed by atoms with van der Waals surface area (Å²) in [6.07, 6.45) is 0. The number of rotatable bonds is 6. The minimum atomic E-state index is 0.578. The highest BCUT2D eigenvalue weighted by atomic mass is 32.1. The van der Waals surface area contributed by atoms with E-state index in [0.717, 1.165) is 23.7 Å². The van der Waals surface area contributed by atoms with Gasteiger partial charge in [-0.1, -0.05) is 23.5 Å². The van der Waals surface area contributed by atoms with Crippen LogP contribution in [0.4, 0.5) is 5.13 Å². The monoisotopic (exact) mass is 291 g/mol.